The highest BCUT2D eigenvalue weighted by molar-refractivity contribution is 5.86. The summed E-state index contributed by atoms with van der Waals surface area (Å²) in [5, 5.41) is 4.85. The summed E-state index contributed by atoms with van der Waals surface area (Å²) in [5.74, 6) is 0.584. The fraction of sp³-hybridized carbons (Fsp3) is 0.333. The Morgan fingerprint density at radius 1 is 0.913 bits per heavy atom. The first kappa shape index (κ1) is 14.5. The molecule has 2 aromatic carbocycles. The lowest BCUT2D eigenvalue weighted by atomic mass is 9.98. The molecule has 1 N–H and O–H groups in total. The van der Waals surface area contributed by atoms with Gasteiger partial charge in [0.05, 0.1) is 0 Å². The molecule has 118 valence electrons. The number of benzene rings is 2. The standard InChI is InChI=1S/C21H24N2/c1-15(2)16-3-5-17(6-4-16)18-7-8-19-13-20-9-10-22-11-12-23(20)21(19)14-18/h3-8,13-15,22H,9-12H2,1-2H3. The van der Waals surface area contributed by atoms with Crippen LogP contribution in [0.4, 0.5) is 0 Å². The summed E-state index contributed by atoms with van der Waals surface area (Å²) in [6.07, 6.45) is 1.12. The van der Waals surface area contributed by atoms with Crippen LogP contribution in [-0.4, -0.2) is 17.7 Å². The molecule has 0 fully saturated rings. The van der Waals surface area contributed by atoms with Crippen LogP contribution in [0.25, 0.3) is 22.0 Å². The number of nitrogens with one attached hydrogen (secondary N) is 1. The van der Waals surface area contributed by atoms with Gasteiger partial charge in [0.2, 0.25) is 0 Å². The molecule has 0 aliphatic carbocycles. The lowest BCUT2D eigenvalue weighted by Crippen LogP contribution is -2.17. The second-order valence-electron chi connectivity index (χ2n) is 6.84. The minimum atomic E-state index is 0.584. The van der Waals surface area contributed by atoms with Gasteiger partial charge in [-0.1, -0.05) is 50.2 Å². The maximum absolute atomic E-state index is 3.49. The average molecular weight is 304 g/mol. The molecule has 1 aliphatic rings. The minimum Gasteiger partial charge on any atom is -0.343 e. The van der Waals surface area contributed by atoms with Crippen molar-refractivity contribution in [2.45, 2.75) is 32.7 Å². The van der Waals surface area contributed by atoms with Gasteiger partial charge < -0.3 is 9.88 Å². The third kappa shape index (κ3) is 2.68. The lowest BCUT2D eigenvalue weighted by Gasteiger charge is -2.09. The molecular weight excluding hydrogens is 280 g/mol. The van der Waals surface area contributed by atoms with Gasteiger partial charge in [-0.05, 0) is 40.1 Å². The van der Waals surface area contributed by atoms with E-state index < -0.39 is 0 Å². The predicted molar refractivity (Wildman–Crippen MR) is 98.0 cm³/mol. The quantitative estimate of drug-likeness (QED) is 0.733. The molecule has 2 heterocycles. The van der Waals surface area contributed by atoms with Crippen LogP contribution >= 0.6 is 0 Å². The van der Waals surface area contributed by atoms with E-state index in [-0.39, 0.29) is 0 Å². The first-order valence-corrected chi connectivity index (χ1v) is 8.65. The molecule has 0 saturated carbocycles. The molecule has 4 rings (SSSR count). The first-order valence-electron chi connectivity index (χ1n) is 8.65. The van der Waals surface area contributed by atoms with Gasteiger partial charge in [0.25, 0.3) is 0 Å². The van der Waals surface area contributed by atoms with Crippen LogP contribution in [0.5, 0.6) is 0 Å². The summed E-state index contributed by atoms with van der Waals surface area (Å²) in [6, 6.07) is 18.3. The molecule has 1 aromatic heterocycles. The van der Waals surface area contributed by atoms with Crippen molar-refractivity contribution in [3.8, 4) is 11.1 Å². The van der Waals surface area contributed by atoms with Gasteiger partial charge >= 0.3 is 0 Å². The molecule has 0 amide bonds. The van der Waals surface area contributed by atoms with Gasteiger partial charge in [-0.3, -0.25) is 0 Å². The molecular formula is C21H24N2. The van der Waals surface area contributed by atoms with E-state index in [1.165, 1.54) is 33.3 Å². The zero-order valence-electron chi connectivity index (χ0n) is 14.0. The Labute approximate surface area is 138 Å². The van der Waals surface area contributed by atoms with Crippen molar-refractivity contribution in [3.05, 3.63) is 59.8 Å². The SMILES string of the molecule is CC(C)c1ccc(-c2ccc3cc4n(c3c2)CCNCC4)cc1. The molecule has 2 nitrogen and oxygen atoms in total. The molecule has 1 aliphatic heterocycles. The van der Waals surface area contributed by atoms with Gasteiger partial charge in [0.1, 0.15) is 0 Å². The van der Waals surface area contributed by atoms with E-state index in [1.807, 2.05) is 0 Å². The fourth-order valence-electron chi connectivity index (χ4n) is 3.56. The van der Waals surface area contributed by atoms with Crippen LogP contribution in [0.1, 0.15) is 31.0 Å². The molecule has 0 atom stereocenters. The van der Waals surface area contributed by atoms with Gasteiger partial charge in [0, 0.05) is 37.3 Å². The predicted octanol–water partition coefficient (Wildman–Crippen LogP) is 4.58. The van der Waals surface area contributed by atoms with E-state index in [9.17, 15) is 0 Å². The van der Waals surface area contributed by atoms with Crippen LogP contribution in [0.3, 0.4) is 0 Å². The summed E-state index contributed by atoms with van der Waals surface area (Å²) < 4.78 is 2.49. The Morgan fingerprint density at radius 2 is 1.70 bits per heavy atom. The van der Waals surface area contributed by atoms with Gasteiger partial charge in [0.15, 0.2) is 0 Å². The summed E-state index contributed by atoms with van der Waals surface area (Å²) in [7, 11) is 0. The van der Waals surface area contributed by atoms with Crippen molar-refractivity contribution in [2.75, 3.05) is 13.1 Å². The van der Waals surface area contributed by atoms with Crippen molar-refractivity contribution in [2.24, 2.45) is 0 Å². The molecule has 23 heavy (non-hydrogen) atoms. The van der Waals surface area contributed by atoms with Crippen LogP contribution < -0.4 is 5.32 Å². The third-order valence-corrected chi connectivity index (χ3v) is 4.97. The zero-order valence-corrected chi connectivity index (χ0v) is 14.0. The van der Waals surface area contributed by atoms with Crippen molar-refractivity contribution < 1.29 is 0 Å². The minimum absolute atomic E-state index is 0.584. The Morgan fingerprint density at radius 3 is 2.48 bits per heavy atom. The van der Waals surface area contributed by atoms with Gasteiger partial charge in [-0.2, -0.15) is 0 Å². The smallest absolute Gasteiger partial charge is 0.0489 e. The van der Waals surface area contributed by atoms with Crippen LogP contribution in [0.15, 0.2) is 48.5 Å². The Bertz CT molecular complexity index is 825. The zero-order chi connectivity index (χ0) is 15.8. The molecule has 0 spiro atoms. The summed E-state index contributed by atoms with van der Waals surface area (Å²) in [6.45, 7) is 7.69. The second-order valence-corrected chi connectivity index (χ2v) is 6.84. The number of rotatable bonds is 2. The maximum Gasteiger partial charge on any atom is 0.0489 e. The first-order chi connectivity index (χ1) is 11.2. The largest absolute Gasteiger partial charge is 0.343 e. The number of nitrogens with zero attached hydrogens (tertiary/aromatic N) is 1. The highest BCUT2D eigenvalue weighted by atomic mass is 15.0. The summed E-state index contributed by atoms with van der Waals surface area (Å²) in [4.78, 5) is 0. The molecule has 0 radical (unpaired) electrons. The van der Waals surface area contributed by atoms with E-state index in [1.54, 1.807) is 0 Å². The fourth-order valence-corrected chi connectivity index (χ4v) is 3.56. The monoisotopic (exact) mass is 304 g/mol. The number of aromatic nitrogens is 1. The van der Waals surface area contributed by atoms with Gasteiger partial charge in [-0.25, -0.2) is 0 Å². The van der Waals surface area contributed by atoms with E-state index in [0.717, 1.165) is 26.1 Å². The Kier molecular flexibility index (Phi) is 3.70. The Balaban J connectivity index is 1.77. The maximum atomic E-state index is 3.49. The van der Waals surface area contributed by atoms with Gasteiger partial charge in [-0.15, -0.1) is 0 Å². The number of hydrogen-bond donors (Lipinski definition) is 1. The second kappa shape index (κ2) is 5.86. The molecule has 0 bridgehead atoms. The molecule has 3 aromatic rings. The third-order valence-electron chi connectivity index (χ3n) is 4.97. The number of hydrogen-bond acceptors (Lipinski definition) is 1. The lowest BCUT2D eigenvalue weighted by molar-refractivity contribution is 0.658. The van der Waals surface area contributed by atoms with E-state index in [0.29, 0.717) is 5.92 Å². The number of fused-ring (bicyclic) bond motifs is 3. The van der Waals surface area contributed by atoms with E-state index >= 15 is 0 Å². The normalized spacial score (nSPS) is 14.9. The molecule has 2 heteroatoms. The topological polar surface area (TPSA) is 17.0 Å². The highest BCUT2D eigenvalue weighted by Crippen LogP contribution is 2.28. The van der Waals surface area contributed by atoms with Crippen LogP contribution in [-0.2, 0) is 13.0 Å². The van der Waals surface area contributed by atoms with Crippen molar-refractivity contribution in [3.63, 3.8) is 0 Å². The van der Waals surface area contributed by atoms with Crippen molar-refractivity contribution in [1.82, 2.24) is 9.88 Å². The van der Waals surface area contributed by atoms with Crippen molar-refractivity contribution >= 4 is 10.9 Å². The summed E-state index contributed by atoms with van der Waals surface area (Å²) in [5.41, 5.74) is 6.84. The van der Waals surface area contributed by atoms with E-state index in [4.69, 9.17) is 0 Å². The van der Waals surface area contributed by atoms with Crippen LogP contribution in [0.2, 0.25) is 0 Å². The highest BCUT2D eigenvalue weighted by Gasteiger charge is 2.12. The van der Waals surface area contributed by atoms with Crippen LogP contribution in [0, 0.1) is 0 Å². The van der Waals surface area contributed by atoms with Crippen molar-refractivity contribution in [1.29, 1.82) is 0 Å². The van der Waals surface area contributed by atoms with E-state index in [2.05, 4.69) is 72.3 Å². The molecule has 0 saturated heterocycles. The average Bonchev–Trinajstić information content (AvgIpc) is 2.75. The Hall–Kier alpha value is -2.06. The summed E-state index contributed by atoms with van der Waals surface area (Å²) >= 11 is 0. The molecule has 0 unspecified atom stereocenters.